The number of halogens is 1. The molecule has 1 aromatic rings. The first-order chi connectivity index (χ1) is 6.27. The molecule has 0 atom stereocenters. The molecular weight excluding hydrogens is 202 g/mol. The van der Waals surface area contributed by atoms with Crippen molar-refractivity contribution in [2.45, 2.75) is 18.2 Å². The highest BCUT2D eigenvalue weighted by Gasteiger charge is 2.00. The quantitative estimate of drug-likeness (QED) is 0.715. The number of aryl methyl sites for hydroxylation is 1. The van der Waals surface area contributed by atoms with E-state index in [0.717, 1.165) is 16.3 Å². The summed E-state index contributed by atoms with van der Waals surface area (Å²) >= 11 is 7.49. The Morgan fingerprint density at radius 2 is 2.31 bits per heavy atom. The lowest BCUT2D eigenvalue weighted by Crippen LogP contribution is -1.82. The molecule has 0 N–H and O–H groups in total. The first-order valence-electron chi connectivity index (χ1n) is 4.06. The van der Waals surface area contributed by atoms with Gasteiger partial charge in [-0.2, -0.15) is 5.26 Å². The lowest BCUT2D eigenvalue weighted by Gasteiger charge is -2.02. The molecular formula is C10H10ClNS. The van der Waals surface area contributed by atoms with Crippen LogP contribution in [-0.2, 0) is 6.42 Å². The summed E-state index contributed by atoms with van der Waals surface area (Å²) in [4.78, 5) is 0.986. The van der Waals surface area contributed by atoms with Gasteiger partial charge in [0, 0.05) is 4.90 Å². The van der Waals surface area contributed by atoms with Crippen LogP contribution in [0.1, 0.15) is 12.5 Å². The van der Waals surface area contributed by atoms with Crippen molar-refractivity contribution < 1.29 is 0 Å². The van der Waals surface area contributed by atoms with E-state index in [1.807, 2.05) is 18.2 Å². The van der Waals surface area contributed by atoms with E-state index in [4.69, 9.17) is 16.9 Å². The van der Waals surface area contributed by atoms with Crippen LogP contribution in [0.2, 0.25) is 5.02 Å². The molecule has 0 heterocycles. The molecule has 68 valence electrons. The van der Waals surface area contributed by atoms with E-state index in [1.165, 1.54) is 17.3 Å². The predicted octanol–water partition coefficient (Wildman–Crippen LogP) is 3.52. The second kappa shape index (κ2) is 5.16. The standard InChI is InChI=1S/C10H10ClNS/c1-2-8-3-4-10(9(11)7-8)13-6-5-12/h3-4,7H,2,6H2,1H3. The van der Waals surface area contributed by atoms with Gasteiger partial charge >= 0.3 is 0 Å². The van der Waals surface area contributed by atoms with Crippen molar-refractivity contribution in [2.24, 2.45) is 0 Å². The van der Waals surface area contributed by atoms with Crippen LogP contribution in [0.15, 0.2) is 23.1 Å². The minimum Gasteiger partial charge on any atom is -0.197 e. The second-order valence-electron chi connectivity index (χ2n) is 2.57. The Balaban J connectivity index is 2.80. The molecule has 0 aliphatic carbocycles. The third-order valence-corrected chi connectivity index (χ3v) is 3.06. The number of thioether (sulfide) groups is 1. The first-order valence-corrected chi connectivity index (χ1v) is 5.42. The Bertz CT molecular complexity index is 330. The molecule has 0 saturated heterocycles. The summed E-state index contributed by atoms with van der Waals surface area (Å²) in [6, 6.07) is 8.06. The molecule has 0 fully saturated rings. The van der Waals surface area contributed by atoms with Crippen LogP contribution in [-0.4, -0.2) is 5.75 Å². The molecule has 0 bridgehead atoms. The number of hydrogen-bond donors (Lipinski definition) is 0. The largest absolute Gasteiger partial charge is 0.197 e. The Kier molecular flexibility index (Phi) is 4.14. The van der Waals surface area contributed by atoms with Gasteiger partial charge in [0.05, 0.1) is 16.8 Å². The lowest BCUT2D eigenvalue weighted by molar-refractivity contribution is 1.13. The van der Waals surface area contributed by atoms with Crippen molar-refractivity contribution in [3.8, 4) is 6.07 Å². The molecule has 13 heavy (non-hydrogen) atoms. The normalized spacial score (nSPS) is 9.62. The van der Waals surface area contributed by atoms with Crippen LogP contribution in [0, 0.1) is 11.3 Å². The van der Waals surface area contributed by atoms with E-state index in [-0.39, 0.29) is 0 Å². The van der Waals surface area contributed by atoms with E-state index in [2.05, 4.69) is 13.0 Å². The molecule has 1 aromatic carbocycles. The molecule has 0 radical (unpaired) electrons. The predicted molar refractivity (Wildman–Crippen MR) is 57.2 cm³/mol. The molecule has 0 aliphatic heterocycles. The van der Waals surface area contributed by atoms with Crippen molar-refractivity contribution >= 4 is 23.4 Å². The zero-order chi connectivity index (χ0) is 9.68. The third-order valence-electron chi connectivity index (χ3n) is 1.70. The Labute approximate surface area is 87.7 Å². The Morgan fingerprint density at radius 1 is 1.54 bits per heavy atom. The second-order valence-corrected chi connectivity index (χ2v) is 3.99. The number of rotatable bonds is 3. The van der Waals surface area contributed by atoms with Gasteiger partial charge in [-0.3, -0.25) is 0 Å². The summed E-state index contributed by atoms with van der Waals surface area (Å²) in [5.41, 5.74) is 1.23. The molecule has 1 nitrogen and oxygen atoms in total. The highest BCUT2D eigenvalue weighted by Crippen LogP contribution is 2.27. The maximum atomic E-state index is 8.41. The van der Waals surface area contributed by atoms with E-state index < -0.39 is 0 Å². The minimum absolute atomic E-state index is 0.450. The van der Waals surface area contributed by atoms with Gasteiger partial charge in [-0.1, -0.05) is 24.6 Å². The SMILES string of the molecule is CCc1ccc(SCC#N)c(Cl)c1. The van der Waals surface area contributed by atoms with Gasteiger partial charge in [-0.25, -0.2) is 0 Å². The third kappa shape index (κ3) is 2.95. The smallest absolute Gasteiger partial charge is 0.0855 e. The summed E-state index contributed by atoms with van der Waals surface area (Å²) < 4.78 is 0. The van der Waals surface area contributed by atoms with Gasteiger partial charge in [0.2, 0.25) is 0 Å². The Hall–Kier alpha value is -0.650. The van der Waals surface area contributed by atoms with E-state index in [9.17, 15) is 0 Å². The molecule has 3 heteroatoms. The monoisotopic (exact) mass is 211 g/mol. The van der Waals surface area contributed by atoms with Crippen molar-refractivity contribution in [2.75, 3.05) is 5.75 Å². The summed E-state index contributed by atoms with van der Waals surface area (Å²) in [5, 5.41) is 9.15. The molecule has 0 saturated carbocycles. The molecule has 0 amide bonds. The maximum Gasteiger partial charge on any atom is 0.0855 e. The van der Waals surface area contributed by atoms with Crippen molar-refractivity contribution in [1.29, 1.82) is 5.26 Å². The van der Waals surface area contributed by atoms with Crippen LogP contribution in [0.25, 0.3) is 0 Å². The van der Waals surface area contributed by atoms with Crippen LogP contribution >= 0.6 is 23.4 Å². The molecule has 0 spiro atoms. The van der Waals surface area contributed by atoms with Crippen molar-refractivity contribution in [1.82, 2.24) is 0 Å². The number of nitrogens with zero attached hydrogens (tertiary/aromatic N) is 1. The topological polar surface area (TPSA) is 23.8 Å². The molecule has 0 unspecified atom stereocenters. The van der Waals surface area contributed by atoms with Crippen LogP contribution in [0.5, 0.6) is 0 Å². The first kappa shape index (κ1) is 10.4. The summed E-state index contributed by atoms with van der Waals surface area (Å²) in [6.07, 6.45) is 0.989. The number of nitriles is 1. The van der Waals surface area contributed by atoms with Gasteiger partial charge in [0.1, 0.15) is 0 Å². The maximum absolute atomic E-state index is 8.41. The summed E-state index contributed by atoms with van der Waals surface area (Å²) in [7, 11) is 0. The van der Waals surface area contributed by atoms with Crippen LogP contribution in [0.3, 0.4) is 0 Å². The average molecular weight is 212 g/mol. The van der Waals surface area contributed by atoms with Gasteiger partial charge in [-0.05, 0) is 24.1 Å². The van der Waals surface area contributed by atoms with Gasteiger partial charge in [0.15, 0.2) is 0 Å². The van der Waals surface area contributed by atoms with Crippen LogP contribution in [0.4, 0.5) is 0 Å². The van der Waals surface area contributed by atoms with E-state index >= 15 is 0 Å². The van der Waals surface area contributed by atoms with E-state index in [1.54, 1.807) is 0 Å². The minimum atomic E-state index is 0.450. The zero-order valence-corrected chi connectivity index (χ0v) is 8.95. The van der Waals surface area contributed by atoms with Crippen molar-refractivity contribution in [3.63, 3.8) is 0 Å². The fourth-order valence-electron chi connectivity index (χ4n) is 0.991. The zero-order valence-electron chi connectivity index (χ0n) is 7.38. The molecule has 1 rings (SSSR count). The fourth-order valence-corrected chi connectivity index (χ4v) is 1.94. The highest BCUT2D eigenvalue weighted by atomic mass is 35.5. The lowest BCUT2D eigenvalue weighted by atomic mass is 10.2. The fraction of sp³-hybridized carbons (Fsp3) is 0.300. The highest BCUT2D eigenvalue weighted by molar-refractivity contribution is 7.99. The van der Waals surface area contributed by atoms with E-state index in [0.29, 0.717) is 5.75 Å². The molecule has 0 aliphatic rings. The summed E-state index contributed by atoms with van der Waals surface area (Å²) in [5.74, 6) is 0.450. The molecule has 0 aromatic heterocycles. The van der Waals surface area contributed by atoms with Gasteiger partial charge in [-0.15, -0.1) is 11.8 Å². The number of hydrogen-bond acceptors (Lipinski definition) is 2. The van der Waals surface area contributed by atoms with Crippen LogP contribution < -0.4 is 0 Å². The number of benzene rings is 1. The van der Waals surface area contributed by atoms with Crippen molar-refractivity contribution in [3.05, 3.63) is 28.8 Å². The van der Waals surface area contributed by atoms with Gasteiger partial charge < -0.3 is 0 Å². The van der Waals surface area contributed by atoms with Gasteiger partial charge in [0.25, 0.3) is 0 Å². The Morgan fingerprint density at radius 3 is 2.85 bits per heavy atom. The summed E-state index contributed by atoms with van der Waals surface area (Å²) in [6.45, 7) is 2.09. The average Bonchev–Trinajstić information content (AvgIpc) is 2.16.